The van der Waals surface area contributed by atoms with Crippen molar-refractivity contribution in [1.29, 1.82) is 0 Å². The van der Waals surface area contributed by atoms with E-state index in [1.807, 2.05) is 30.9 Å². The van der Waals surface area contributed by atoms with Gasteiger partial charge in [0.15, 0.2) is 0 Å². The summed E-state index contributed by atoms with van der Waals surface area (Å²) in [6.07, 6.45) is 3.60. The van der Waals surface area contributed by atoms with Crippen molar-refractivity contribution in [1.82, 2.24) is 9.88 Å². The molecule has 5 rings (SSSR count). The van der Waals surface area contributed by atoms with E-state index < -0.39 is 5.60 Å². The number of piperidine rings is 1. The van der Waals surface area contributed by atoms with E-state index in [2.05, 4.69) is 9.88 Å². The van der Waals surface area contributed by atoms with Gasteiger partial charge >= 0.3 is 0 Å². The van der Waals surface area contributed by atoms with Crippen LogP contribution in [0.3, 0.4) is 0 Å². The van der Waals surface area contributed by atoms with Crippen LogP contribution in [-0.4, -0.2) is 66.9 Å². The molecule has 1 aromatic carbocycles. The average Bonchev–Trinajstić information content (AvgIpc) is 2.85. The van der Waals surface area contributed by atoms with Gasteiger partial charge in [-0.05, 0) is 44.2 Å². The minimum absolute atomic E-state index is 0.0180. The van der Waals surface area contributed by atoms with Crippen molar-refractivity contribution in [2.45, 2.75) is 50.9 Å². The van der Waals surface area contributed by atoms with Gasteiger partial charge in [0.05, 0.1) is 37.3 Å². The zero-order valence-corrected chi connectivity index (χ0v) is 19.8. The summed E-state index contributed by atoms with van der Waals surface area (Å²) < 4.78 is 31.9. The van der Waals surface area contributed by atoms with Gasteiger partial charge in [-0.1, -0.05) is 0 Å². The zero-order valence-electron chi connectivity index (χ0n) is 19.8. The zero-order chi connectivity index (χ0) is 23.7. The molecule has 0 radical (unpaired) electrons. The normalized spacial score (nSPS) is 21.9. The van der Waals surface area contributed by atoms with E-state index in [-0.39, 0.29) is 23.9 Å². The number of carbonyl (C=O) groups excluding carboxylic acids is 1. The van der Waals surface area contributed by atoms with Crippen molar-refractivity contribution < 1.29 is 23.4 Å². The number of ether oxygens (including phenoxy) is 3. The molecule has 34 heavy (non-hydrogen) atoms. The number of aromatic nitrogens is 1. The van der Waals surface area contributed by atoms with E-state index in [9.17, 15) is 9.18 Å². The van der Waals surface area contributed by atoms with Gasteiger partial charge in [-0.2, -0.15) is 0 Å². The van der Waals surface area contributed by atoms with Crippen LogP contribution in [0.1, 0.15) is 55.3 Å². The topological polar surface area (TPSA) is 64.1 Å². The van der Waals surface area contributed by atoms with Crippen molar-refractivity contribution in [3.8, 4) is 5.75 Å². The molecule has 0 unspecified atom stereocenters. The van der Waals surface area contributed by atoms with Gasteiger partial charge in [-0.3, -0.25) is 4.79 Å². The van der Waals surface area contributed by atoms with Gasteiger partial charge in [0.1, 0.15) is 22.9 Å². The first kappa shape index (κ1) is 23.1. The van der Waals surface area contributed by atoms with Gasteiger partial charge in [0, 0.05) is 51.0 Å². The highest BCUT2D eigenvalue weighted by Gasteiger charge is 2.45. The van der Waals surface area contributed by atoms with Crippen LogP contribution in [-0.2, 0) is 9.47 Å². The van der Waals surface area contributed by atoms with E-state index in [4.69, 9.17) is 14.2 Å². The van der Waals surface area contributed by atoms with Crippen molar-refractivity contribution in [3.63, 3.8) is 0 Å². The number of morpholine rings is 1. The molecule has 3 aliphatic rings. The summed E-state index contributed by atoms with van der Waals surface area (Å²) in [4.78, 5) is 21.7. The first-order chi connectivity index (χ1) is 16.4. The van der Waals surface area contributed by atoms with Crippen LogP contribution in [0.2, 0.25) is 0 Å². The molecule has 1 amide bonds. The van der Waals surface area contributed by atoms with Crippen molar-refractivity contribution in [2.24, 2.45) is 0 Å². The lowest BCUT2D eigenvalue weighted by atomic mass is 9.81. The van der Waals surface area contributed by atoms with Gasteiger partial charge in [-0.25, -0.2) is 9.37 Å². The first-order valence-electron chi connectivity index (χ1n) is 12.1. The Hall–Kier alpha value is -2.71. The van der Waals surface area contributed by atoms with Crippen LogP contribution in [0, 0.1) is 5.82 Å². The van der Waals surface area contributed by atoms with Crippen LogP contribution < -0.4 is 9.64 Å². The molecule has 8 heteroatoms. The molecule has 7 nitrogen and oxygen atoms in total. The number of pyridine rings is 1. The molecule has 2 fully saturated rings. The molecular formula is C26H32FN3O4. The highest BCUT2D eigenvalue weighted by Crippen LogP contribution is 2.46. The fraction of sp³-hybridized carbons (Fsp3) is 0.538. The number of benzene rings is 1. The summed E-state index contributed by atoms with van der Waals surface area (Å²) in [6, 6.07) is 8.41. The highest BCUT2D eigenvalue weighted by molar-refractivity contribution is 5.92. The number of rotatable bonds is 4. The van der Waals surface area contributed by atoms with Crippen LogP contribution in [0.5, 0.6) is 5.75 Å². The molecule has 2 saturated heterocycles. The minimum atomic E-state index is -0.422. The quantitative estimate of drug-likeness (QED) is 0.675. The maximum absolute atomic E-state index is 13.9. The number of carbonyl (C=O) groups is 1. The molecule has 1 aromatic heterocycles. The number of hydrogen-bond acceptors (Lipinski definition) is 6. The van der Waals surface area contributed by atoms with E-state index in [1.165, 1.54) is 12.1 Å². The Bertz CT molecular complexity index is 1020. The predicted molar refractivity (Wildman–Crippen MR) is 126 cm³/mol. The highest BCUT2D eigenvalue weighted by atomic mass is 19.1. The van der Waals surface area contributed by atoms with Crippen LogP contribution in [0.25, 0.3) is 0 Å². The van der Waals surface area contributed by atoms with Gasteiger partial charge in [-0.15, -0.1) is 0 Å². The van der Waals surface area contributed by atoms with Gasteiger partial charge in [0.25, 0.3) is 5.91 Å². The fourth-order valence-corrected chi connectivity index (χ4v) is 5.14. The minimum Gasteiger partial charge on any atom is -0.487 e. The van der Waals surface area contributed by atoms with E-state index in [1.54, 1.807) is 12.3 Å². The molecule has 0 saturated carbocycles. The second kappa shape index (κ2) is 9.50. The molecule has 1 spiro atoms. The largest absolute Gasteiger partial charge is 0.487 e. The lowest BCUT2D eigenvalue weighted by molar-refractivity contribution is -0.0874. The molecule has 2 aromatic rings. The number of amides is 1. The molecule has 3 aliphatic heterocycles. The Morgan fingerprint density at radius 3 is 2.59 bits per heavy atom. The molecular weight excluding hydrogens is 437 g/mol. The number of hydrogen-bond donors (Lipinski definition) is 0. The Morgan fingerprint density at radius 1 is 1.15 bits per heavy atom. The second-order valence-electron chi connectivity index (χ2n) is 9.64. The number of likely N-dealkylation sites (tertiary alicyclic amines) is 1. The number of nitrogens with zero attached hydrogens (tertiary/aromatic N) is 3. The first-order valence-corrected chi connectivity index (χ1v) is 12.1. The lowest BCUT2D eigenvalue weighted by Gasteiger charge is -2.47. The summed E-state index contributed by atoms with van der Waals surface area (Å²) in [6.45, 7) is 8.22. The summed E-state index contributed by atoms with van der Waals surface area (Å²) in [7, 11) is 0. The summed E-state index contributed by atoms with van der Waals surface area (Å²) in [5.41, 5.74) is 1.82. The Balaban J connectivity index is 1.25. The maximum Gasteiger partial charge on any atom is 0.272 e. The second-order valence-corrected chi connectivity index (χ2v) is 9.64. The smallest absolute Gasteiger partial charge is 0.272 e. The van der Waals surface area contributed by atoms with E-state index in [0.717, 1.165) is 24.3 Å². The third kappa shape index (κ3) is 4.74. The molecule has 1 atom stereocenters. The third-order valence-electron chi connectivity index (χ3n) is 6.94. The Labute approximate surface area is 199 Å². The number of halogens is 1. The van der Waals surface area contributed by atoms with Gasteiger partial charge in [0.2, 0.25) is 0 Å². The van der Waals surface area contributed by atoms with E-state index in [0.29, 0.717) is 57.0 Å². The van der Waals surface area contributed by atoms with Crippen molar-refractivity contribution in [3.05, 3.63) is 53.6 Å². The standard InChI is InChI=1S/C26H32FN3O4/c1-18(2)33-24-16-26(34-23-6-3-19(27)15-21(23)24)7-9-30(10-8-26)25(31)22-5-4-20(17-28-22)29-11-13-32-14-12-29/h3-6,15,17-18,24H,7-14,16H2,1-2H3/t24-/m1/s1. The fourth-order valence-electron chi connectivity index (χ4n) is 5.14. The lowest BCUT2D eigenvalue weighted by Crippen LogP contribution is -2.52. The Kier molecular flexibility index (Phi) is 6.44. The van der Waals surface area contributed by atoms with Crippen LogP contribution >= 0.6 is 0 Å². The number of anilines is 1. The molecule has 0 bridgehead atoms. The molecule has 0 aliphatic carbocycles. The molecule has 4 heterocycles. The van der Waals surface area contributed by atoms with E-state index >= 15 is 0 Å². The molecule has 0 N–H and O–H groups in total. The summed E-state index contributed by atoms with van der Waals surface area (Å²) in [5, 5.41) is 0. The molecule has 182 valence electrons. The summed E-state index contributed by atoms with van der Waals surface area (Å²) in [5.74, 6) is 0.332. The van der Waals surface area contributed by atoms with Crippen LogP contribution in [0.15, 0.2) is 36.5 Å². The SMILES string of the molecule is CC(C)O[C@@H]1CC2(CCN(C(=O)c3ccc(N4CCOCC4)cn3)CC2)Oc2ccc(F)cc21. The maximum atomic E-state index is 13.9. The third-order valence-corrected chi connectivity index (χ3v) is 6.94. The summed E-state index contributed by atoms with van der Waals surface area (Å²) >= 11 is 0. The van der Waals surface area contributed by atoms with Crippen molar-refractivity contribution >= 4 is 11.6 Å². The average molecular weight is 470 g/mol. The predicted octanol–water partition coefficient (Wildman–Crippen LogP) is 3.98. The number of fused-ring (bicyclic) bond motifs is 1. The van der Waals surface area contributed by atoms with Crippen molar-refractivity contribution in [2.75, 3.05) is 44.3 Å². The Morgan fingerprint density at radius 2 is 1.91 bits per heavy atom. The monoisotopic (exact) mass is 469 g/mol. The van der Waals surface area contributed by atoms with Crippen LogP contribution in [0.4, 0.5) is 10.1 Å². The van der Waals surface area contributed by atoms with Gasteiger partial charge < -0.3 is 24.0 Å².